The average molecular weight is 430 g/mol. The molecule has 0 amide bonds. The second kappa shape index (κ2) is 8.42. The zero-order chi connectivity index (χ0) is 21.3. The van der Waals surface area contributed by atoms with Gasteiger partial charge < -0.3 is 14.9 Å². The van der Waals surface area contributed by atoms with Crippen molar-refractivity contribution in [1.29, 1.82) is 0 Å². The predicted octanol–water partition coefficient (Wildman–Crippen LogP) is 3.03. The van der Waals surface area contributed by atoms with Crippen molar-refractivity contribution in [3.63, 3.8) is 0 Å². The molecule has 3 atom stereocenters. The van der Waals surface area contributed by atoms with Crippen LogP contribution in [0, 0.1) is 10.1 Å². The van der Waals surface area contributed by atoms with E-state index in [1.54, 1.807) is 26.3 Å². The van der Waals surface area contributed by atoms with Gasteiger partial charge in [0.1, 0.15) is 11.9 Å². The van der Waals surface area contributed by atoms with Crippen LogP contribution in [0.2, 0.25) is 0 Å². The summed E-state index contributed by atoms with van der Waals surface area (Å²) in [5, 5.41) is 16.7. The fraction of sp³-hybridized carbons (Fsp3) is 0.350. The molecule has 2 aliphatic rings. The number of nitro groups is 1. The van der Waals surface area contributed by atoms with Gasteiger partial charge in [0, 0.05) is 23.2 Å². The van der Waals surface area contributed by atoms with Gasteiger partial charge in [0.05, 0.1) is 30.3 Å². The number of fused-ring (bicyclic) bond motifs is 1. The molecule has 2 aromatic rings. The monoisotopic (exact) mass is 430 g/mol. The first-order valence-electron chi connectivity index (χ1n) is 9.57. The van der Waals surface area contributed by atoms with E-state index in [9.17, 15) is 14.9 Å². The number of hydrogen-bond acceptors (Lipinski definition) is 9. The van der Waals surface area contributed by atoms with Crippen molar-refractivity contribution in [2.45, 2.75) is 31.6 Å². The fourth-order valence-corrected chi connectivity index (χ4v) is 4.71. The summed E-state index contributed by atoms with van der Waals surface area (Å²) in [4.78, 5) is 24.1. The number of rotatable bonds is 6. The third-order valence-corrected chi connectivity index (χ3v) is 6.39. The van der Waals surface area contributed by atoms with Crippen molar-refractivity contribution < 1.29 is 19.2 Å². The first kappa shape index (κ1) is 20.3. The maximum atomic E-state index is 12.5. The Morgan fingerprint density at radius 1 is 1.30 bits per heavy atom. The summed E-state index contributed by atoms with van der Waals surface area (Å²) >= 11 is 1.15. The first-order valence-corrected chi connectivity index (χ1v) is 10.4. The number of nitrogens with zero attached hydrogens (tertiary/aromatic N) is 2. The zero-order valence-electron chi connectivity index (χ0n) is 16.5. The summed E-state index contributed by atoms with van der Waals surface area (Å²) in [6.45, 7) is 2.05. The molecule has 1 fully saturated rings. The lowest BCUT2D eigenvalue weighted by Crippen LogP contribution is -2.55. The van der Waals surface area contributed by atoms with Crippen molar-refractivity contribution in [3.05, 3.63) is 68.7 Å². The maximum absolute atomic E-state index is 12.5. The number of nitrogens with one attached hydrogen (secondary N) is 2. The van der Waals surface area contributed by atoms with Gasteiger partial charge in [0.2, 0.25) is 0 Å². The van der Waals surface area contributed by atoms with Gasteiger partial charge in [0.25, 0.3) is 0 Å². The minimum atomic E-state index is -0.420. The molecule has 0 spiro atoms. The number of benzene rings is 1. The Balaban J connectivity index is 1.66. The van der Waals surface area contributed by atoms with E-state index in [2.05, 4.69) is 10.7 Å². The topological polar surface area (TPSA) is 106 Å². The summed E-state index contributed by atoms with van der Waals surface area (Å²) < 4.78 is 10.5. The first-order chi connectivity index (χ1) is 14.5. The Morgan fingerprint density at radius 3 is 2.70 bits per heavy atom. The van der Waals surface area contributed by atoms with Crippen LogP contribution in [-0.4, -0.2) is 35.8 Å². The minimum Gasteiger partial charge on any atom is -0.497 e. The summed E-state index contributed by atoms with van der Waals surface area (Å²) in [7, 11) is 1.62. The molecule has 2 N–H and O–H groups in total. The summed E-state index contributed by atoms with van der Waals surface area (Å²) in [6.07, 6.45) is 1.90. The van der Waals surface area contributed by atoms with Gasteiger partial charge in [-0.1, -0.05) is 23.5 Å². The standard InChI is InChI=1S/C20H22N4O5S/c1-3-29-20(25)14-11-21-23-16(12-4-6-13(28-2)7-5-12)10-15(22-19(14)23)17-8-9-18(30-17)24(26)27/h4-9,11,15-16,19,21-22H,3,10H2,1-2H3. The third-order valence-electron chi connectivity index (χ3n) is 5.24. The van der Waals surface area contributed by atoms with Crippen molar-refractivity contribution in [2.24, 2.45) is 0 Å². The van der Waals surface area contributed by atoms with Crippen LogP contribution in [0.5, 0.6) is 5.75 Å². The summed E-state index contributed by atoms with van der Waals surface area (Å²) in [5.74, 6) is 0.366. The van der Waals surface area contributed by atoms with Gasteiger partial charge in [-0.2, -0.15) is 5.01 Å². The van der Waals surface area contributed by atoms with E-state index in [0.717, 1.165) is 27.5 Å². The molecule has 1 aromatic heterocycles. The minimum absolute atomic E-state index is 0.0727. The van der Waals surface area contributed by atoms with E-state index >= 15 is 0 Å². The number of thiophene rings is 1. The molecule has 30 heavy (non-hydrogen) atoms. The fourth-order valence-electron chi connectivity index (χ4n) is 3.82. The lowest BCUT2D eigenvalue weighted by atomic mass is 9.93. The molecule has 158 valence electrons. The van der Waals surface area contributed by atoms with E-state index in [1.807, 2.05) is 29.3 Å². The Morgan fingerprint density at radius 2 is 2.07 bits per heavy atom. The Labute approximate surface area is 177 Å². The number of carbonyl (C=O) groups excluding carboxylic acids is 1. The summed E-state index contributed by atoms with van der Waals surface area (Å²) in [6, 6.07) is 10.8. The molecule has 0 aliphatic carbocycles. The molecule has 4 rings (SSSR count). The van der Waals surface area contributed by atoms with Crippen molar-refractivity contribution in [3.8, 4) is 5.75 Å². The van der Waals surface area contributed by atoms with Gasteiger partial charge in [-0.3, -0.25) is 15.4 Å². The van der Waals surface area contributed by atoms with Crippen LogP contribution in [0.1, 0.15) is 35.9 Å². The number of methoxy groups -OCH3 is 1. The van der Waals surface area contributed by atoms with Crippen LogP contribution in [0.3, 0.4) is 0 Å². The molecule has 3 unspecified atom stereocenters. The van der Waals surface area contributed by atoms with Crippen molar-refractivity contribution in [1.82, 2.24) is 15.8 Å². The molecule has 10 heteroatoms. The van der Waals surface area contributed by atoms with Crippen LogP contribution < -0.4 is 15.5 Å². The SMILES string of the molecule is CCOC(=O)C1=CNN2C1NC(c1ccc([N+](=O)[O-])s1)CC2c1ccc(OC)cc1. The van der Waals surface area contributed by atoms with E-state index in [1.165, 1.54) is 6.07 Å². The number of ether oxygens (including phenoxy) is 2. The quantitative estimate of drug-likeness (QED) is 0.409. The normalized spacial score (nSPS) is 23.3. The van der Waals surface area contributed by atoms with Gasteiger partial charge in [0.15, 0.2) is 0 Å². The van der Waals surface area contributed by atoms with Gasteiger partial charge in [-0.15, -0.1) is 0 Å². The molecule has 1 saturated heterocycles. The van der Waals surface area contributed by atoms with E-state index in [-0.39, 0.29) is 28.6 Å². The number of hydrogen-bond donors (Lipinski definition) is 2. The van der Waals surface area contributed by atoms with Crippen LogP contribution in [-0.2, 0) is 9.53 Å². The van der Waals surface area contributed by atoms with Crippen LogP contribution in [0.25, 0.3) is 0 Å². The second-order valence-corrected chi connectivity index (χ2v) is 8.03. The van der Waals surface area contributed by atoms with Crippen LogP contribution in [0.4, 0.5) is 5.00 Å². The van der Waals surface area contributed by atoms with Gasteiger partial charge in [-0.05, 0) is 37.1 Å². The molecule has 0 saturated carbocycles. The van der Waals surface area contributed by atoms with E-state index in [0.29, 0.717) is 12.0 Å². The Kier molecular flexibility index (Phi) is 5.71. The van der Waals surface area contributed by atoms with E-state index in [4.69, 9.17) is 9.47 Å². The molecular formula is C20H22N4O5S. The molecule has 0 bridgehead atoms. The highest BCUT2D eigenvalue weighted by atomic mass is 32.1. The average Bonchev–Trinajstić information content (AvgIpc) is 3.41. The molecule has 2 aliphatic heterocycles. The zero-order valence-corrected chi connectivity index (χ0v) is 17.3. The maximum Gasteiger partial charge on any atom is 0.338 e. The molecule has 9 nitrogen and oxygen atoms in total. The van der Waals surface area contributed by atoms with Crippen LogP contribution in [0.15, 0.2) is 48.2 Å². The summed E-state index contributed by atoms with van der Waals surface area (Å²) in [5.41, 5.74) is 4.72. The second-order valence-electron chi connectivity index (χ2n) is 6.94. The van der Waals surface area contributed by atoms with Crippen molar-refractivity contribution >= 4 is 22.3 Å². The third kappa shape index (κ3) is 3.76. The van der Waals surface area contributed by atoms with Crippen molar-refractivity contribution in [2.75, 3.05) is 13.7 Å². The lowest BCUT2D eigenvalue weighted by Gasteiger charge is -2.42. The molecular weight excluding hydrogens is 408 g/mol. The van der Waals surface area contributed by atoms with Gasteiger partial charge >= 0.3 is 11.0 Å². The molecule has 1 aromatic carbocycles. The highest BCUT2D eigenvalue weighted by Gasteiger charge is 2.44. The Bertz CT molecular complexity index is 974. The lowest BCUT2D eigenvalue weighted by molar-refractivity contribution is -0.380. The Hall–Kier alpha value is -2.95. The highest BCUT2D eigenvalue weighted by molar-refractivity contribution is 7.15. The largest absolute Gasteiger partial charge is 0.497 e. The van der Waals surface area contributed by atoms with Gasteiger partial charge in [-0.25, -0.2) is 4.79 Å². The number of esters is 1. The highest BCUT2D eigenvalue weighted by Crippen LogP contribution is 2.42. The molecule has 3 heterocycles. The number of hydrazine groups is 1. The van der Waals surface area contributed by atoms with Crippen LogP contribution >= 0.6 is 11.3 Å². The predicted molar refractivity (Wildman–Crippen MR) is 111 cm³/mol. The van der Waals surface area contributed by atoms with E-state index < -0.39 is 12.1 Å². The molecule has 0 radical (unpaired) electrons. The smallest absolute Gasteiger partial charge is 0.338 e. The number of carbonyl (C=O) groups is 1.